The molecule has 13 nitrogen and oxygen atoms in total. The number of aliphatic hydroxyl groups is 5. The van der Waals surface area contributed by atoms with Gasteiger partial charge in [-0.2, -0.15) is 0 Å². The van der Waals surface area contributed by atoms with E-state index in [1.807, 2.05) is 30.3 Å². The zero-order valence-corrected chi connectivity index (χ0v) is 23.9. The highest BCUT2D eigenvalue weighted by molar-refractivity contribution is 5.98. The zero-order valence-electron chi connectivity index (χ0n) is 23.9. The lowest BCUT2D eigenvalue weighted by Crippen LogP contribution is -2.54. The summed E-state index contributed by atoms with van der Waals surface area (Å²) in [5.41, 5.74) is 1.16. The normalized spacial score (nSPS) is 18.2. The van der Waals surface area contributed by atoms with Gasteiger partial charge in [-0.15, -0.1) is 0 Å². The fourth-order valence-electron chi connectivity index (χ4n) is 4.85. The molecule has 1 aliphatic rings. The summed E-state index contributed by atoms with van der Waals surface area (Å²) < 4.78 is 5.20. The van der Waals surface area contributed by atoms with Crippen molar-refractivity contribution < 1.29 is 49.4 Å². The highest BCUT2D eigenvalue weighted by Crippen LogP contribution is 2.21. The van der Waals surface area contributed by atoms with Crippen LogP contribution in [0, 0.1) is 0 Å². The van der Waals surface area contributed by atoms with Gasteiger partial charge < -0.3 is 45.4 Å². The van der Waals surface area contributed by atoms with Crippen LogP contribution in [0.15, 0.2) is 60.7 Å². The standard InChI is InChI=1S/C30H39N3O10/c1-32(29(41)21(15-19-9-4-2-5-10-19)31-28(40)20-11-6-3-7-12-20)16-25(38)33-14-8-13-22(33)30(42)43-27(24(37)18-35)26(39)23(36)17-34/h2-7,9-12,21-24,26-27,34-37,39H,8,13-18H2,1H3,(H,31,40)/t21-,22+,23-,24-,26-,27-/m1/s1. The molecule has 2 aromatic rings. The minimum atomic E-state index is -1.90. The number of likely N-dealkylation sites (N-methyl/N-ethyl adjacent to an activating group) is 1. The number of carbonyl (C=O) groups is 4. The summed E-state index contributed by atoms with van der Waals surface area (Å²) in [4.78, 5) is 55.1. The van der Waals surface area contributed by atoms with Gasteiger partial charge in [0.2, 0.25) is 11.8 Å². The van der Waals surface area contributed by atoms with Crippen molar-refractivity contribution in [3.05, 3.63) is 71.8 Å². The van der Waals surface area contributed by atoms with Crippen LogP contribution in [0.2, 0.25) is 0 Å². The number of aliphatic hydroxyl groups excluding tert-OH is 5. The highest BCUT2D eigenvalue weighted by atomic mass is 16.6. The lowest BCUT2D eigenvalue weighted by Gasteiger charge is -2.32. The number of benzene rings is 2. The summed E-state index contributed by atoms with van der Waals surface area (Å²) in [6.45, 7) is -2.03. The molecule has 0 saturated carbocycles. The quantitative estimate of drug-likeness (QED) is 0.138. The van der Waals surface area contributed by atoms with Crippen molar-refractivity contribution >= 4 is 23.7 Å². The minimum absolute atomic E-state index is 0.173. The number of hydrogen-bond acceptors (Lipinski definition) is 10. The molecule has 2 aromatic carbocycles. The number of likely N-dealkylation sites (tertiary alicyclic amines) is 1. The van der Waals surface area contributed by atoms with Gasteiger partial charge in [-0.3, -0.25) is 14.4 Å². The van der Waals surface area contributed by atoms with Crippen LogP contribution < -0.4 is 5.32 Å². The molecule has 0 spiro atoms. The number of carbonyl (C=O) groups excluding carboxylic acids is 4. The van der Waals surface area contributed by atoms with E-state index in [4.69, 9.17) is 9.84 Å². The summed E-state index contributed by atoms with van der Waals surface area (Å²) in [5.74, 6) is -2.53. The maximum atomic E-state index is 13.5. The predicted octanol–water partition coefficient (Wildman–Crippen LogP) is -1.54. The van der Waals surface area contributed by atoms with E-state index in [1.54, 1.807) is 30.3 Å². The van der Waals surface area contributed by atoms with Crippen LogP contribution in [-0.4, -0.2) is 129 Å². The van der Waals surface area contributed by atoms with Crippen molar-refractivity contribution in [2.45, 2.75) is 55.8 Å². The van der Waals surface area contributed by atoms with E-state index >= 15 is 0 Å². The molecule has 6 N–H and O–H groups in total. The molecule has 0 bridgehead atoms. The van der Waals surface area contributed by atoms with Gasteiger partial charge in [-0.25, -0.2) is 4.79 Å². The van der Waals surface area contributed by atoms with E-state index in [9.17, 15) is 39.6 Å². The third kappa shape index (κ3) is 9.05. The highest BCUT2D eigenvalue weighted by Gasteiger charge is 2.41. The first kappa shape index (κ1) is 33.6. The molecule has 13 heteroatoms. The van der Waals surface area contributed by atoms with Gasteiger partial charge in [0.05, 0.1) is 19.8 Å². The van der Waals surface area contributed by atoms with Gasteiger partial charge in [0, 0.05) is 25.6 Å². The van der Waals surface area contributed by atoms with Gasteiger partial charge in [0.25, 0.3) is 5.91 Å². The monoisotopic (exact) mass is 601 g/mol. The third-order valence-electron chi connectivity index (χ3n) is 7.25. The Morgan fingerprint density at radius 2 is 1.56 bits per heavy atom. The van der Waals surface area contributed by atoms with E-state index in [0.29, 0.717) is 12.0 Å². The van der Waals surface area contributed by atoms with Crippen LogP contribution in [0.1, 0.15) is 28.8 Å². The Morgan fingerprint density at radius 1 is 0.953 bits per heavy atom. The van der Waals surface area contributed by atoms with E-state index in [-0.39, 0.29) is 19.4 Å². The molecule has 0 aliphatic carbocycles. The average molecular weight is 602 g/mol. The molecule has 3 amide bonds. The number of esters is 1. The number of ether oxygens (including phenoxy) is 1. The Labute approximate surface area is 249 Å². The van der Waals surface area contributed by atoms with Crippen molar-refractivity contribution in [3.8, 4) is 0 Å². The Morgan fingerprint density at radius 3 is 2.16 bits per heavy atom. The van der Waals surface area contributed by atoms with Gasteiger partial charge in [0.15, 0.2) is 6.10 Å². The summed E-state index contributed by atoms with van der Waals surface area (Å²) in [6, 6.07) is 15.4. The molecule has 6 atom stereocenters. The Bertz CT molecular complexity index is 1220. The fraction of sp³-hybridized carbons (Fsp3) is 0.467. The second-order valence-electron chi connectivity index (χ2n) is 10.4. The molecule has 43 heavy (non-hydrogen) atoms. The van der Waals surface area contributed by atoms with Gasteiger partial charge in [0.1, 0.15) is 30.4 Å². The number of nitrogens with one attached hydrogen (secondary N) is 1. The van der Waals surface area contributed by atoms with E-state index in [2.05, 4.69) is 5.32 Å². The van der Waals surface area contributed by atoms with Gasteiger partial charge >= 0.3 is 5.97 Å². The van der Waals surface area contributed by atoms with Crippen molar-refractivity contribution in [3.63, 3.8) is 0 Å². The SMILES string of the molecule is CN(CC(=O)N1CCC[C@H]1C(=O)O[C@@H]([C@H](O)[C@H](O)CO)[C@H](O)CO)C(=O)[C@@H](Cc1ccccc1)NC(=O)c1ccccc1. The predicted molar refractivity (Wildman–Crippen MR) is 152 cm³/mol. The average Bonchev–Trinajstić information content (AvgIpc) is 3.53. The van der Waals surface area contributed by atoms with Crippen LogP contribution in [0.25, 0.3) is 0 Å². The van der Waals surface area contributed by atoms with Crippen LogP contribution >= 0.6 is 0 Å². The summed E-state index contributed by atoms with van der Waals surface area (Å²) in [5, 5.41) is 51.2. The molecular weight excluding hydrogens is 562 g/mol. The lowest BCUT2D eigenvalue weighted by atomic mass is 10.0. The second kappa shape index (κ2) is 16.1. The topological polar surface area (TPSA) is 197 Å². The molecule has 234 valence electrons. The molecule has 1 heterocycles. The van der Waals surface area contributed by atoms with Gasteiger partial charge in [-0.05, 0) is 30.5 Å². The van der Waals surface area contributed by atoms with Crippen molar-refractivity contribution in [1.29, 1.82) is 0 Å². The summed E-state index contributed by atoms with van der Waals surface area (Å²) >= 11 is 0. The Kier molecular flexibility index (Phi) is 12.6. The van der Waals surface area contributed by atoms with Gasteiger partial charge in [-0.1, -0.05) is 48.5 Å². The number of nitrogens with zero attached hydrogens (tertiary/aromatic N) is 2. The minimum Gasteiger partial charge on any atom is -0.455 e. The molecular formula is C30H39N3O10. The molecule has 3 rings (SSSR count). The largest absolute Gasteiger partial charge is 0.455 e. The fourth-order valence-corrected chi connectivity index (χ4v) is 4.85. The maximum absolute atomic E-state index is 13.5. The number of hydrogen-bond donors (Lipinski definition) is 6. The maximum Gasteiger partial charge on any atom is 0.329 e. The van der Waals surface area contributed by atoms with E-state index in [0.717, 1.165) is 5.56 Å². The summed E-state index contributed by atoms with van der Waals surface area (Å²) in [7, 11) is 1.41. The molecule has 0 radical (unpaired) electrons. The Hall–Kier alpha value is -3.88. The van der Waals surface area contributed by atoms with Crippen LogP contribution in [-0.2, 0) is 25.5 Å². The number of rotatable bonds is 14. The van der Waals surface area contributed by atoms with Crippen LogP contribution in [0.4, 0.5) is 0 Å². The molecule has 1 saturated heterocycles. The van der Waals surface area contributed by atoms with Crippen molar-refractivity contribution in [1.82, 2.24) is 15.1 Å². The lowest BCUT2D eigenvalue weighted by molar-refractivity contribution is -0.182. The molecule has 1 aliphatic heterocycles. The first-order chi connectivity index (χ1) is 20.6. The third-order valence-corrected chi connectivity index (χ3v) is 7.25. The smallest absolute Gasteiger partial charge is 0.329 e. The first-order valence-corrected chi connectivity index (χ1v) is 14.0. The van der Waals surface area contributed by atoms with E-state index in [1.165, 1.54) is 16.8 Å². The van der Waals surface area contributed by atoms with Crippen LogP contribution in [0.3, 0.4) is 0 Å². The first-order valence-electron chi connectivity index (χ1n) is 14.0. The van der Waals surface area contributed by atoms with Crippen molar-refractivity contribution in [2.24, 2.45) is 0 Å². The molecule has 1 fully saturated rings. The molecule has 0 aromatic heterocycles. The molecule has 0 unspecified atom stereocenters. The van der Waals surface area contributed by atoms with E-state index < -0.39 is 79.9 Å². The Balaban J connectivity index is 1.70. The van der Waals surface area contributed by atoms with Crippen molar-refractivity contribution in [2.75, 3.05) is 33.4 Å². The number of amides is 3. The zero-order chi connectivity index (χ0) is 31.5. The van der Waals surface area contributed by atoms with Crippen LogP contribution in [0.5, 0.6) is 0 Å². The summed E-state index contributed by atoms with van der Waals surface area (Å²) in [6.07, 6.45) is -6.39. The second-order valence-corrected chi connectivity index (χ2v) is 10.4.